The van der Waals surface area contributed by atoms with Crippen LogP contribution in [0.4, 0.5) is 11.4 Å². The largest absolute Gasteiger partial charge is 0.355 e. The van der Waals surface area contributed by atoms with E-state index in [2.05, 4.69) is 22.5 Å². The molecule has 2 rings (SSSR count). The fraction of sp³-hybridized carbons (Fsp3) is 0.294. The summed E-state index contributed by atoms with van der Waals surface area (Å²) in [5, 5.41) is 7.13. The number of pyridine rings is 1. The van der Waals surface area contributed by atoms with Gasteiger partial charge in [-0.2, -0.15) is 0 Å². The van der Waals surface area contributed by atoms with E-state index >= 15 is 0 Å². The number of hydrogen-bond donors (Lipinski definition) is 2. The van der Waals surface area contributed by atoms with Crippen molar-refractivity contribution in [2.24, 2.45) is 0 Å². The Kier molecular flexibility index (Phi) is 6.68. The van der Waals surface area contributed by atoms with Crippen molar-refractivity contribution in [3.8, 4) is 0 Å². The lowest BCUT2D eigenvalue weighted by Gasteiger charge is -2.09. The Morgan fingerprint density at radius 2 is 1.83 bits per heavy atom. The van der Waals surface area contributed by atoms with Gasteiger partial charge in [-0.3, -0.25) is 9.78 Å². The smallest absolute Gasteiger partial charge is 0.269 e. The van der Waals surface area contributed by atoms with E-state index in [0.29, 0.717) is 22.3 Å². The zero-order valence-corrected chi connectivity index (χ0v) is 14.4. The van der Waals surface area contributed by atoms with Crippen molar-refractivity contribution in [1.29, 1.82) is 0 Å². The van der Waals surface area contributed by atoms with Crippen LogP contribution in [-0.4, -0.2) is 17.4 Å². The second kappa shape index (κ2) is 8.75. The number of unbranched alkanes of at least 4 members (excludes halogenated alkanes) is 2. The first-order chi connectivity index (χ1) is 11.1. The molecule has 6 heteroatoms. The SMILES string of the molecule is CCCCCNC(=O)c1cc(Nc2cc(Cl)cc(Cl)c2)ccn1. The summed E-state index contributed by atoms with van der Waals surface area (Å²) in [5.74, 6) is -0.172. The van der Waals surface area contributed by atoms with Crippen molar-refractivity contribution in [3.05, 3.63) is 52.3 Å². The van der Waals surface area contributed by atoms with Crippen molar-refractivity contribution in [2.75, 3.05) is 11.9 Å². The molecule has 1 aromatic heterocycles. The summed E-state index contributed by atoms with van der Waals surface area (Å²) in [5.41, 5.74) is 1.87. The highest BCUT2D eigenvalue weighted by Crippen LogP contribution is 2.25. The number of carbonyl (C=O) groups excluding carboxylic acids is 1. The monoisotopic (exact) mass is 351 g/mol. The summed E-state index contributed by atoms with van der Waals surface area (Å²) in [6.45, 7) is 2.79. The molecule has 0 aliphatic carbocycles. The molecule has 0 saturated heterocycles. The van der Waals surface area contributed by atoms with Gasteiger partial charge in [0.25, 0.3) is 5.91 Å². The molecule has 0 bridgehead atoms. The minimum absolute atomic E-state index is 0.172. The molecule has 122 valence electrons. The third-order valence-electron chi connectivity index (χ3n) is 3.21. The number of hydrogen-bond acceptors (Lipinski definition) is 3. The Morgan fingerprint density at radius 1 is 1.09 bits per heavy atom. The van der Waals surface area contributed by atoms with Crippen molar-refractivity contribution in [3.63, 3.8) is 0 Å². The maximum absolute atomic E-state index is 12.1. The van der Waals surface area contributed by atoms with Crippen molar-refractivity contribution in [1.82, 2.24) is 10.3 Å². The molecule has 2 N–H and O–H groups in total. The van der Waals surface area contributed by atoms with Crippen LogP contribution in [0.1, 0.15) is 36.7 Å². The van der Waals surface area contributed by atoms with Gasteiger partial charge in [0.2, 0.25) is 0 Å². The highest BCUT2D eigenvalue weighted by atomic mass is 35.5. The lowest BCUT2D eigenvalue weighted by Crippen LogP contribution is -2.25. The lowest BCUT2D eigenvalue weighted by molar-refractivity contribution is 0.0948. The number of halogens is 2. The number of aromatic nitrogens is 1. The zero-order valence-electron chi connectivity index (χ0n) is 12.9. The highest BCUT2D eigenvalue weighted by molar-refractivity contribution is 6.35. The first-order valence-corrected chi connectivity index (χ1v) is 8.31. The maximum Gasteiger partial charge on any atom is 0.269 e. The molecule has 1 aromatic carbocycles. The summed E-state index contributed by atoms with van der Waals surface area (Å²) in [7, 11) is 0. The van der Waals surface area contributed by atoms with Crippen LogP contribution in [-0.2, 0) is 0 Å². The Bertz CT molecular complexity index is 656. The van der Waals surface area contributed by atoms with E-state index in [0.717, 1.165) is 30.6 Å². The molecule has 0 spiro atoms. The first kappa shape index (κ1) is 17.6. The minimum Gasteiger partial charge on any atom is -0.355 e. The molecule has 4 nitrogen and oxygen atoms in total. The summed E-state index contributed by atoms with van der Waals surface area (Å²) < 4.78 is 0. The predicted octanol–water partition coefficient (Wildman–Crippen LogP) is 5.05. The van der Waals surface area contributed by atoms with Crippen LogP contribution in [0.2, 0.25) is 10.0 Å². The third-order valence-corrected chi connectivity index (χ3v) is 3.65. The van der Waals surface area contributed by atoms with Crippen molar-refractivity contribution < 1.29 is 4.79 Å². The summed E-state index contributed by atoms with van der Waals surface area (Å²) >= 11 is 12.0. The van der Waals surface area contributed by atoms with Gasteiger partial charge in [-0.05, 0) is 36.8 Å². The molecule has 0 aliphatic rings. The Hall–Kier alpha value is -1.78. The van der Waals surface area contributed by atoms with Gasteiger partial charge in [0.05, 0.1) is 0 Å². The molecule has 0 saturated carbocycles. The second-order valence-electron chi connectivity index (χ2n) is 5.18. The highest BCUT2D eigenvalue weighted by Gasteiger charge is 2.08. The van der Waals surface area contributed by atoms with Crippen LogP contribution in [0.15, 0.2) is 36.5 Å². The summed E-state index contributed by atoms with van der Waals surface area (Å²) in [6.07, 6.45) is 4.79. The molecule has 0 atom stereocenters. The van der Waals surface area contributed by atoms with Crippen LogP contribution in [0.25, 0.3) is 0 Å². The molecule has 1 amide bonds. The predicted molar refractivity (Wildman–Crippen MR) is 95.8 cm³/mol. The van der Waals surface area contributed by atoms with Gasteiger partial charge in [-0.25, -0.2) is 0 Å². The van der Waals surface area contributed by atoms with E-state index in [1.165, 1.54) is 0 Å². The maximum atomic E-state index is 12.1. The number of nitrogens with zero attached hydrogens (tertiary/aromatic N) is 1. The molecule has 0 radical (unpaired) electrons. The average molecular weight is 352 g/mol. The van der Waals surface area contributed by atoms with Crippen LogP contribution < -0.4 is 10.6 Å². The van der Waals surface area contributed by atoms with E-state index in [-0.39, 0.29) is 5.91 Å². The molecule has 0 fully saturated rings. The number of rotatable bonds is 7. The number of nitrogens with one attached hydrogen (secondary N) is 2. The normalized spacial score (nSPS) is 10.4. The Balaban J connectivity index is 2.03. The quantitative estimate of drug-likeness (QED) is 0.686. The van der Waals surface area contributed by atoms with E-state index in [1.807, 2.05) is 0 Å². The van der Waals surface area contributed by atoms with E-state index in [1.54, 1.807) is 36.5 Å². The fourth-order valence-electron chi connectivity index (χ4n) is 2.09. The minimum atomic E-state index is -0.172. The molecule has 0 aliphatic heterocycles. The van der Waals surface area contributed by atoms with E-state index in [4.69, 9.17) is 23.2 Å². The summed E-state index contributed by atoms with van der Waals surface area (Å²) in [4.78, 5) is 16.2. The zero-order chi connectivity index (χ0) is 16.7. The van der Waals surface area contributed by atoms with Crippen LogP contribution in [0.5, 0.6) is 0 Å². The van der Waals surface area contributed by atoms with E-state index < -0.39 is 0 Å². The number of benzene rings is 1. The van der Waals surface area contributed by atoms with Crippen molar-refractivity contribution in [2.45, 2.75) is 26.2 Å². The number of anilines is 2. The topological polar surface area (TPSA) is 54.0 Å². The van der Waals surface area contributed by atoms with Gasteiger partial charge in [-0.1, -0.05) is 43.0 Å². The molecule has 0 unspecified atom stereocenters. The first-order valence-electron chi connectivity index (χ1n) is 7.56. The second-order valence-corrected chi connectivity index (χ2v) is 6.05. The Labute approximate surface area is 146 Å². The van der Waals surface area contributed by atoms with Gasteiger partial charge < -0.3 is 10.6 Å². The van der Waals surface area contributed by atoms with Gasteiger partial charge in [0.15, 0.2) is 0 Å². The molecular weight excluding hydrogens is 333 g/mol. The van der Waals surface area contributed by atoms with Gasteiger partial charge in [-0.15, -0.1) is 0 Å². The molecule has 2 aromatic rings. The molecule has 1 heterocycles. The summed E-state index contributed by atoms with van der Waals surface area (Å²) in [6, 6.07) is 8.67. The molecular formula is C17H19Cl2N3O. The van der Waals surface area contributed by atoms with Gasteiger partial charge in [0, 0.05) is 34.2 Å². The van der Waals surface area contributed by atoms with Gasteiger partial charge >= 0.3 is 0 Å². The third kappa shape index (κ3) is 5.73. The standard InChI is InChI=1S/C17H19Cl2N3O/c1-2-3-4-6-21-17(23)16-11-14(5-7-20-16)22-15-9-12(18)8-13(19)10-15/h5,7-11H,2-4,6H2,1H3,(H,20,22)(H,21,23). The number of carbonyl (C=O) groups is 1. The Morgan fingerprint density at radius 3 is 2.52 bits per heavy atom. The van der Waals surface area contributed by atoms with Crippen LogP contribution in [0, 0.1) is 0 Å². The van der Waals surface area contributed by atoms with Crippen LogP contribution >= 0.6 is 23.2 Å². The average Bonchev–Trinajstić information content (AvgIpc) is 2.50. The fourth-order valence-corrected chi connectivity index (χ4v) is 2.62. The van der Waals surface area contributed by atoms with Gasteiger partial charge in [0.1, 0.15) is 5.69 Å². The lowest BCUT2D eigenvalue weighted by atomic mass is 10.2. The van der Waals surface area contributed by atoms with E-state index in [9.17, 15) is 4.79 Å². The van der Waals surface area contributed by atoms with Crippen molar-refractivity contribution >= 4 is 40.5 Å². The van der Waals surface area contributed by atoms with Crippen LogP contribution in [0.3, 0.4) is 0 Å². The number of amides is 1. The molecule has 23 heavy (non-hydrogen) atoms.